The average Bonchev–Trinajstić information content (AvgIpc) is 3.73. The zero-order valence-corrected chi connectivity index (χ0v) is 19.1. The molecule has 0 N–H and O–H groups in total. The first-order valence-electron chi connectivity index (χ1n) is 12.1. The number of amides is 1. The fourth-order valence-corrected chi connectivity index (χ4v) is 4.53. The molecule has 10 heteroatoms. The number of hydrogen-bond donors (Lipinski definition) is 0. The quantitative estimate of drug-likeness (QED) is 0.487. The Morgan fingerprint density at radius 1 is 1.11 bits per heavy atom. The predicted octanol–water partition coefficient (Wildman–Crippen LogP) is 2.90. The fraction of sp³-hybridized carbons (Fsp3) is 0.480. The number of ether oxygens (including phenoxy) is 1. The van der Waals surface area contributed by atoms with Gasteiger partial charge in [0.25, 0.3) is 5.56 Å². The third kappa shape index (κ3) is 4.16. The molecule has 0 bridgehead atoms. The van der Waals surface area contributed by atoms with E-state index in [0.29, 0.717) is 17.1 Å². The maximum absolute atomic E-state index is 13.0. The highest BCUT2D eigenvalue weighted by atomic mass is 19.1. The summed E-state index contributed by atoms with van der Waals surface area (Å²) in [6.45, 7) is 0.134. The van der Waals surface area contributed by atoms with Crippen LogP contribution >= 0.6 is 0 Å². The molecular weight excluding hydrogens is 453 g/mol. The van der Waals surface area contributed by atoms with Crippen LogP contribution in [-0.4, -0.2) is 43.4 Å². The van der Waals surface area contributed by atoms with Gasteiger partial charge in [0.15, 0.2) is 5.75 Å². The van der Waals surface area contributed by atoms with Gasteiger partial charge in [-0.2, -0.15) is 4.39 Å². The van der Waals surface area contributed by atoms with Crippen molar-refractivity contribution in [2.45, 2.75) is 69.5 Å². The third-order valence-corrected chi connectivity index (χ3v) is 6.93. The molecule has 0 spiro atoms. The molecule has 180 valence electrons. The molecule has 3 heterocycles. The van der Waals surface area contributed by atoms with Crippen molar-refractivity contribution in [1.29, 1.82) is 0 Å². The van der Waals surface area contributed by atoms with Crippen molar-refractivity contribution in [3.63, 3.8) is 0 Å². The molecule has 35 heavy (non-hydrogen) atoms. The molecular formula is C25H24FN5O4. The second-order valence-corrected chi connectivity index (χ2v) is 9.53. The molecule has 3 aliphatic carbocycles. The summed E-state index contributed by atoms with van der Waals surface area (Å²) in [7, 11) is 0. The van der Waals surface area contributed by atoms with Gasteiger partial charge in [0.2, 0.25) is 5.95 Å². The van der Waals surface area contributed by atoms with Crippen LogP contribution in [0.25, 0.3) is 0 Å². The minimum Gasteiger partial charge on any atom is -0.409 e. The van der Waals surface area contributed by atoms with Crippen LogP contribution < -0.4 is 16.0 Å². The maximum Gasteiger partial charge on any atom is 0.416 e. The van der Waals surface area contributed by atoms with Crippen molar-refractivity contribution in [3.8, 4) is 17.6 Å². The summed E-state index contributed by atoms with van der Waals surface area (Å²) < 4.78 is 21.5. The molecule has 4 aliphatic rings. The van der Waals surface area contributed by atoms with Gasteiger partial charge >= 0.3 is 11.8 Å². The highest BCUT2D eigenvalue weighted by Crippen LogP contribution is 2.40. The van der Waals surface area contributed by atoms with Crippen LogP contribution in [0.2, 0.25) is 0 Å². The number of nitrogens with zero attached hydrogens (tertiary/aromatic N) is 5. The first-order chi connectivity index (χ1) is 17.0. The number of rotatable bonds is 5. The van der Waals surface area contributed by atoms with Crippen LogP contribution in [0.3, 0.4) is 0 Å². The number of aliphatic imine (C=N–C) groups is 1. The molecule has 3 saturated carbocycles. The molecule has 1 aliphatic heterocycles. The van der Waals surface area contributed by atoms with E-state index in [1.165, 1.54) is 10.6 Å². The summed E-state index contributed by atoms with van der Waals surface area (Å²) >= 11 is 0. The van der Waals surface area contributed by atoms with Crippen LogP contribution in [0.15, 0.2) is 32.9 Å². The maximum atomic E-state index is 13.0. The van der Waals surface area contributed by atoms with Gasteiger partial charge in [0.05, 0.1) is 24.0 Å². The Kier molecular flexibility index (Phi) is 5.28. The van der Waals surface area contributed by atoms with Gasteiger partial charge in [0, 0.05) is 24.5 Å². The molecule has 0 unspecified atom stereocenters. The minimum atomic E-state index is -0.652. The van der Waals surface area contributed by atoms with Crippen molar-refractivity contribution in [1.82, 2.24) is 19.0 Å². The smallest absolute Gasteiger partial charge is 0.409 e. The monoisotopic (exact) mass is 477 g/mol. The average molecular weight is 477 g/mol. The lowest BCUT2D eigenvalue weighted by atomic mass is 9.92. The SMILES string of the molecule is O=C(Oc1ccc(F)nc1)N(CC#CC1=Nc2c(c(=O)n(C3CC3)c(=O)n2C2CC2)C1)C1CCC1. The number of halogens is 1. The first-order valence-corrected chi connectivity index (χ1v) is 12.1. The Morgan fingerprint density at radius 2 is 1.86 bits per heavy atom. The van der Waals surface area contributed by atoms with Crippen molar-refractivity contribution in [2.75, 3.05) is 6.54 Å². The van der Waals surface area contributed by atoms with Gasteiger partial charge in [-0.1, -0.05) is 5.92 Å². The topological polar surface area (TPSA) is 98.8 Å². The van der Waals surface area contributed by atoms with E-state index in [1.807, 2.05) is 0 Å². The molecule has 1 amide bonds. The Bertz CT molecular complexity index is 1400. The molecule has 2 aromatic heterocycles. The Labute approximate surface area is 200 Å². The zero-order valence-electron chi connectivity index (χ0n) is 19.1. The lowest BCUT2D eigenvalue weighted by molar-refractivity contribution is 0.112. The van der Waals surface area contributed by atoms with Gasteiger partial charge < -0.3 is 4.74 Å². The van der Waals surface area contributed by atoms with Gasteiger partial charge in [-0.05, 0) is 63.0 Å². The fourth-order valence-electron chi connectivity index (χ4n) is 4.53. The lowest BCUT2D eigenvalue weighted by Gasteiger charge is -2.35. The zero-order chi connectivity index (χ0) is 24.1. The van der Waals surface area contributed by atoms with Crippen molar-refractivity contribution in [2.24, 2.45) is 4.99 Å². The van der Waals surface area contributed by atoms with Crippen LogP contribution in [0.1, 0.15) is 62.6 Å². The second-order valence-electron chi connectivity index (χ2n) is 9.53. The van der Waals surface area contributed by atoms with E-state index < -0.39 is 12.0 Å². The highest BCUT2D eigenvalue weighted by molar-refractivity contribution is 6.06. The normalized spacial score (nSPS) is 18.7. The summed E-state index contributed by atoms with van der Waals surface area (Å²) in [5, 5.41) is 0. The molecule has 0 atom stereocenters. The summed E-state index contributed by atoms with van der Waals surface area (Å²) in [4.78, 5) is 48.4. The molecule has 0 saturated heterocycles. The number of carbonyl (C=O) groups is 1. The van der Waals surface area contributed by atoms with Crippen LogP contribution in [0.4, 0.5) is 15.0 Å². The Hall–Kier alpha value is -3.74. The van der Waals surface area contributed by atoms with Gasteiger partial charge in [-0.25, -0.2) is 19.6 Å². The molecule has 0 radical (unpaired) electrons. The van der Waals surface area contributed by atoms with Gasteiger partial charge in [-0.15, -0.1) is 0 Å². The molecule has 0 aromatic carbocycles. The summed E-state index contributed by atoms with van der Waals surface area (Å²) in [6.07, 6.45) is 7.16. The van der Waals surface area contributed by atoms with E-state index >= 15 is 0 Å². The summed E-state index contributed by atoms with van der Waals surface area (Å²) in [5.74, 6) is 5.98. The predicted molar refractivity (Wildman–Crippen MR) is 125 cm³/mol. The van der Waals surface area contributed by atoms with Crippen molar-refractivity contribution in [3.05, 3.63) is 50.7 Å². The highest BCUT2D eigenvalue weighted by Gasteiger charge is 2.37. The van der Waals surface area contributed by atoms with Crippen molar-refractivity contribution >= 4 is 17.6 Å². The molecule has 9 nitrogen and oxygen atoms in total. The standard InChI is InChI=1S/C25H24FN5O4/c26-21-11-10-19(14-27-21)35-25(34)29(16-4-1-5-16)12-2-3-15-13-20-22(28-15)30(17-6-7-17)24(33)31(23(20)32)18-8-9-18/h10-11,14,16-18H,1,4-9,12-13H2. The van der Waals surface area contributed by atoms with E-state index in [9.17, 15) is 18.8 Å². The number of hydrogen-bond acceptors (Lipinski definition) is 6. The Balaban J connectivity index is 1.22. The Morgan fingerprint density at radius 3 is 2.49 bits per heavy atom. The summed E-state index contributed by atoms with van der Waals surface area (Å²) in [6, 6.07) is 2.60. The second kappa shape index (κ2) is 8.48. The van der Waals surface area contributed by atoms with E-state index in [4.69, 9.17) is 4.74 Å². The van der Waals surface area contributed by atoms with Gasteiger partial charge in [0.1, 0.15) is 5.82 Å². The first kappa shape index (κ1) is 21.8. The summed E-state index contributed by atoms with van der Waals surface area (Å²) in [5.41, 5.74) is 0.541. The molecule has 2 aromatic rings. The van der Waals surface area contributed by atoms with Crippen molar-refractivity contribution < 1.29 is 13.9 Å². The number of aromatic nitrogens is 3. The molecule has 3 fully saturated rings. The van der Waals surface area contributed by atoms with Crippen LogP contribution in [-0.2, 0) is 6.42 Å². The number of carbonyl (C=O) groups excluding carboxylic acids is 1. The molecule has 6 rings (SSSR count). The van der Waals surface area contributed by atoms with E-state index in [0.717, 1.165) is 57.2 Å². The van der Waals surface area contributed by atoms with E-state index in [-0.39, 0.29) is 48.1 Å². The number of fused-ring (bicyclic) bond motifs is 1. The number of pyridine rings is 1. The van der Waals surface area contributed by atoms with Gasteiger partial charge in [-0.3, -0.25) is 18.8 Å². The van der Waals surface area contributed by atoms with E-state index in [2.05, 4.69) is 21.8 Å². The van der Waals surface area contributed by atoms with Crippen LogP contribution in [0, 0.1) is 17.8 Å². The minimum absolute atomic E-state index is 0.00112. The lowest BCUT2D eigenvalue weighted by Crippen LogP contribution is -2.45. The largest absolute Gasteiger partial charge is 0.416 e. The third-order valence-electron chi connectivity index (χ3n) is 6.93. The van der Waals surface area contributed by atoms with Crippen LogP contribution in [0.5, 0.6) is 5.75 Å². The van der Waals surface area contributed by atoms with E-state index in [1.54, 1.807) is 9.47 Å².